The molecular weight excluding hydrogens is 504 g/mol. The van der Waals surface area contributed by atoms with E-state index in [9.17, 15) is 9.59 Å². The van der Waals surface area contributed by atoms with Gasteiger partial charge in [-0.1, -0.05) is 89.4 Å². The molecule has 1 unspecified atom stereocenters. The monoisotopic (exact) mass is 536 g/mol. The van der Waals surface area contributed by atoms with Gasteiger partial charge in [-0.05, 0) is 48.7 Å². The molecule has 0 aliphatic heterocycles. The smallest absolute Gasteiger partial charge is 0.261 e. The van der Waals surface area contributed by atoms with E-state index in [1.54, 1.807) is 4.90 Å². The molecular formula is C29H33BrN2O3. The third-order valence-electron chi connectivity index (χ3n) is 5.75. The number of aryl methyl sites for hydroxylation is 1. The van der Waals surface area contributed by atoms with Gasteiger partial charge >= 0.3 is 0 Å². The van der Waals surface area contributed by atoms with Crippen molar-refractivity contribution >= 4 is 27.7 Å². The molecule has 0 aromatic heterocycles. The van der Waals surface area contributed by atoms with Gasteiger partial charge in [-0.2, -0.15) is 0 Å². The maximum atomic E-state index is 13.5. The van der Waals surface area contributed by atoms with Gasteiger partial charge in [0.15, 0.2) is 6.61 Å². The Labute approximate surface area is 216 Å². The number of hydrogen-bond acceptors (Lipinski definition) is 3. The molecule has 35 heavy (non-hydrogen) atoms. The van der Waals surface area contributed by atoms with Crippen molar-refractivity contribution in [1.29, 1.82) is 0 Å². The van der Waals surface area contributed by atoms with Gasteiger partial charge in [0.1, 0.15) is 11.8 Å². The van der Waals surface area contributed by atoms with E-state index in [2.05, 4.69) is 28.2 Å². The molecule has 0 saturated heterocycles. The van der Waals surface area contributed by atoms with E-state index in [-0.39, 0.29) is 18.4 Å². The van der Waals surface area contributed by atoms with E-state index in [1.165, 1.54) is 0 Å². The summed E-state index contributed by atoms with van der Waals surface area (Å²) >= 11 is 3.46. The lowest BCUT2D eigenvalue weighted by atomic mass is 10.0. The number of halogens is 1. The number of benzene rings is 3. The lowest BCUT2D eigenvalue weighted by molar-refractivity contribution is -0.142. The van der Waals surface area contributed by atoms with E-state index in [0.29, 0.717) is 25.3 Å². The summed E-state index contributed by atoms with van der Waals surface area (Å²) in [7, 11) is 0. The Morgan fingerprint density at radius 2 is 1.63 bits per heavy atom. The van der Waals surface area contributed by atoms with E-state index in [1.807, 2.05) is 85.8 Å². The molecule has 1 N–H and O–H groups in total. The number of ether oxygens (including phenoxy) is 1. The minimum Gasteiger partial charge on any atom is -0.484 e. The Kier molecular flexibility index (Phi) is 10.4. The minimum atomic E-state index is -0.660. The van der Waals surface area contributed by atoms with Crippen molar-refractivity contribution in [2.45, 2.75) is 45.7 Å². The number of nitrogens with zero attached hydrogens (tertiary/aromatic N) is 1. The van der Waals surface area contributed by atoms with Crippen molar-refractivity contribution in [3.8, 4) is 5.75 Å². The third-order valence-corrected chi connectivity index (χ3v) is 6.28. The van der Waals surface area contributed by atoms with Crippen molar-refractivity contribution in [2.75, 3.05) is 13.2 Å². The zero-order valence-electron chi connectivity index (χ0n) is 20.4. The second-order valence-corrected chi connectivity index (χ2v) is 9.52. The number of unbranched alkanes of at least 4 members (excludes halogenated alkanes) is 1. The van der Waals surface area contributed by atoms with Gasteiger partial charge in [0, 0.05) is 24.0 Å². The first-order valence-corrected chi connectivity index (χ1v) is 12.8. The number of amides is 2. The largest absolute Gasteiger partial charge is 0.484 e. The fourth-order valence-electron chi connectivity index (χ4n) is 3.71. The van der Waals surface area contributed by atoms with Crippen LogP contribution < -0.4 is 10.1 Å². The van der Waals surface area contributed by atoms with Crippen LogP contribution >= 0.6 is 15.9 Å². The van der Waals surface area contributed by atoms with Gasteiger partial charge < -0.3 is 15.0 Å². The first-order valence-electron chi connectivity index (χ1n) is 12.0. The molecule has 184 valence electrons. The summed E-state index contributed by atoms with van der Waals surface area (Å²) in [5.74, 6) is 0.239. The zero-order valence-corrected chi connectivity index (χ0v) is 22.0. The zero-order chi connectivity index (χ0) is 25.0. The molecule has 1 atom stereocenters. The van der Waals surface area contributed by atoms with Crippen LogP contribution in [0.25, 0.3) is 0 Å². The van der Waals surface area contributed by atoms with Crippen molar-refractivity contribution in [3.05, 3.63) is 100 Å². The van der Waals surface area contributed by atoms with Crippen LogP contribution in [0.1, 0.15) is 36.5 Å². The van der Waals surface area contributed by atoms with Crippen LogP contribution in [0.2, 0.25) is 0 Å². The molecule has 6 heteroatoms. The van der Waals surface area contributed by atoms with Gasteiger partial charge in [0.2, 0.25) is 5.91 Å². The van der Waals surface area contributed by atoms with Crippen LogP contribution in [-0.4, -0.2) is 35.9 Å². The van der Waals surface area contributed by atoms with E-state index < -0.39 is 6.04 Å². The number of rotatable bonds is 12. The molecule has 3 aromatic carbocycles. The predicted molar refractivity (Wildman–Crippen MR) is 143 cm³/mol. The predicted octanol–water partition coefficient (Wildman–Crippen LogP) is 5.69. The fraction of sp³-hybridized carbons (Fsp3) is 0.310. The van der Waals surface area contributed by atoms with Crippen molar-refractivity contribution < 1.29 is 14.3 Å². The minimum absolute atomic E-state index is 0.146. The van der Waals surface area contributed by atoms with Crippen LogP contribution in [0, 0.1) is 6.92 Å². The quantitative estimate of drug-likeness (QED) is 0.302. The van der Waals surface area contributed by atoms with Crippen LogP contribution in [0.3, 0.4) is 0 Å². The van der Waals surface area contributed by atoms with E-state index in [0.717, 1.165) is 34.0 Å². The van der Waals surface area contributed by atoms with E-state index >= 15 is 0 Å². The Balaban J connectivity index is 1.86. The Hall–Kier alpha value is -3.12. The van der Waals surface area contributed by atoms with E-state index in [4.69, 9.17) is 4.74 Å². The Bertz CT molecular complexity index is 1070. The van der Waals surface area contributed by atoms with Gasteiger partial charge in [-0.25, -0.2) is 0 Å². The SMILES string of the molecule is CCCCNC(=O)C(Cc1ccccc1)N(Cc1ccc(Br)cc1)C(=O)COc1ccc(C)cc1. The molecule has 0 saturated carbocycles. The number of nitrogens with one attached hydrogen (secondary N) is 1. The molecule has 0 heterocycles. The lowest BCUT2D eigenvalue weighted by Gasteiger charge is -2.31. The highest BCUT2D eigenvalue weighted by atomic mass is 79.9. The lowest BCUT2D eigenvalue weighted by Crippen LogP contribution is -2.51. The molecule has 0 aliphatic carbocycles. The number of carbonyl (C=O) groups is 2. The molecule has 0 aliphatic rings. The van der Waals surface area contributed by atoms with Crippen LogP contribution in [-0.2, 0) is 22.6 Å². The van der Waals surface area contributed by atoms with Crippen LogP contribution in [0.4, 0.5) is 0 Å². The molecule has 0 radical (unpaired) electrons. The molecule has 5 nitrogen and oxygen atoms in total. The topological polar surface area (TPSA) is 58.6 Å². The maximum absolute atomic E-state index is 13.5. The molecule has 3 aromatic rings. The molecule has 0 spiro atoms. The second kappa shape index (κ2) is 13.7. The van der Waals surface area contributed by atoms with Gasteiger partial charge in [-0.15, -0.1) is 0 Å². The highest BCUT2D eigenvalue weighted by Gasteiger charge is 2.30. The summed E-state index contributed by atoms with van der Waals surface area (Å²) in [6, 6.07) is 24.5. The van der Waals surface area contributed by atoms with Crippen molar-refractivity contribution in [1.82, 2.24) is 10.2 Å². The summed E-state index contributed by atoms with van der Waals surface area (Å²) in [6.07, 6.45) is 2.29. The summed E-state index contributed by atoms with van der Waals surface area (Å²) in [5.41, 5.74) is 3.06. The van der Waals surface area contributed by atoms with Gasteiger partial charge in [0.25, 0.3) is 5.91 Å². The molecule has 0 bridgehead atoms. The summed E-state index contributed by atoms with van der Waals surface area (Å²) in [6.45, 7) is 4.83. The second-order valence-electron chi connectivity index (χ2n) is 8.60. The average molecular weight is 537 g/mol. The Morgan fingerprint density at radius 1 is 0.943 bits per heavy atom. The molecule has 0 fully saturated rings. The molecule has 2 amide bonds. The fourth-order valence-corrected chi connectivity index (χ4v) is 3.97. The van der Waals surface area contributed by atoms with Crippen LogP contribution in [0.15, 0.2) is 83.3 Å². The summed E-state index contributed by atoms with van der Waals surface area (Å²) < 4.78 is 6.77. The first kappa shape index (κ1) is 26.5. The summed E-state index contributed by atoms with van der Waals surface area (Å²) in [4.78, 5) is 28.5. The third kappa shape index (κ3) is 8.55. The normalized spacial score (nSPS) is 11.5. The average Bonchev–Trinajstić information content (AvgIpc) is 2.87. The van der Waals surface area contributed by atoms with Gasteiger partial charge in [0.05, 0.1) is 0 Å². The highest BCUT2D eigenvalue weighted by molar-refractivity contribution is 9.10. The number of hydrogen-bond donors (Lipinski definition) is 1. The van der Waals surface area contributed by atoms with Gasteiger partial charge in [-0.3, -0.25) is 9.59 Å². The number of carbonyl (C=O) groups excluding carboxylic acids is 2. The maximum Gasteiger partial charge on any atom is 0.261 e. The standard InChI is InChI=1S/C29H33BrN2O3/c1-3-4-18-31-29(34)27(19-23-8-6-5-7-9-23)32(20-24-12-14-25(30)15-13-24)28(33)21-35-26-16-10-22(2)11-17-26/h5-17,27H,3-4,18-21H2,1-2H3,(H,31,34). The van der Waals surface area contributed by atoms with Crippen molar-refractivity contribution in [3.63, 3.8) is 0 Å². The summed E-state index contributed by atoms with van der Waals surface area (Å²) in [5, 5.41) is 3.03. The van der Waals surface area contributed by atoms with Crippen molar-refractivity contribution in [2.24, 2.45) is 0 Å². The van der Waals surface area contributed by atoms with Crippen LogP contribution in [0.5, 0.6) is 5.75 Å². The highest BCUT2D eigenvalue weighted by Crippen LogP contribution is 2.18. The first-order chi connectivity index (χ1) is 17.0. The Morgan fingerprint density at radius 3 is 2.29 bits per heavy atom. The molecule has 3 rings (SSSR count).